The molecule has 3 nitrogen and oxygen atoms in total. The van der Waals surface area contributed by atoms with E-state index in [1.165, 1.54) is 0 Å². The van der Waals surface area contributed by atoms with Gasteiger partial charge in [-0.2, -0.15) is 0 Å². The van der Waals surface area contributed by atoms with Crippen LogP contribution in [0.15, 0.2) is 59.6 Å². The van der Waals surface area contributed by atoms with E-state index in [1.54, 1.807) is 30.5 Å². The molecule has 0 aliphatic heterocycles. The zero-order valence-corrected chi connectivity index (χ0v) is 10.9. The van der Waals surface area contributed by atoms with E-state index >= 15 is 0 Å². The number of rotatable bonds is 4. The van der Waals surface area contributed by atoms with E-state index in [-0.39, 0.29) is 0 Å². The molecule has 2 aromatic rings. The highest BCUT2D eigenvalue weighted by atomic mass is 35.5. The molecule has 0 saturated heterocycles. The molecule has 1 amide bonds. The van der Waals surface area contributed by atoms with Crippen molar-refractivity contribution in [1.82, 2.24) is 0 Å². The summed E-state index contributed by atoms with van der Waals surface area (Å²) in [5, 5.41) is 0.610. The number of halogens is 1. The topological polar surface area (TPSA) is 55.5 Å². The highest BCUT2D eigenvalue weighted by Gasteiger charge is 2.15. The molecule has 0 heterocycles. The molecule has 0 aliphatic carbocycles. The fourth-order valence-electron chi connectivity index (χ4n) is 1.67. The van der Waals surface area contributed by atoms with Crippen molar-refractivity contribution in [2.24, 2.45) is 10.7 Å². The Morgan fingerprint density at radius 1 is 1.11 bits per heavy atom. The van der Waals surface area contributed by atoms with Crippen LogP contribution in [0.3, 0.4) is 0 Å². The predicted octanol–water partition coefficient (Wildman–Crippen LogP) is 2.99. The van der Waals surface area contributed by atoms with Gasteiger partial charge in [-0.05, 0) is 23.3 Å². The van der Waals surface area contributed by atoms with Gasteiger partial charge in [0.15, 0.2) is 6.04 Å². The van der Waals surface area contributed by atoms with E-state index in [9.17, 15) is 4.79 Å². The summed E-state index contributed by atoms with van der Waals surface area (Å²) in [4.78, 5) is 15.7. The van der Waals surface area contributed by atoms with E-state index < -0.39 is 11.9 Å². The van der Waals surface area contributed by atoms with Crippen LogP contribution in [-0.4, -0.2) is 12.1 Å². The number of hydrogen-bond donors (Lipinski definition) is 1. The molecule has 0 radical (unpaired) electrons. The Labute approximate surface area is 116 Å². The summed E-state index contributed by atoms with van der Waals surface area (Å²) in [6, 6.07) is 15.8. The lowest BCUT2D eigenvalue weighted by molar-refractivity contribution is -0.119. The summed E-state index contributed by atoms with van der Waals surface area (Å²) in [6.07, 6.45) is 1.64. The van der Waals surface area contributed by atoms with Crippen LogP contribution in [0, 0.1) is 0 Å². The minimum atomic E-state index is -0.697. The molecule has 0 saturated carbocycles. The van der Waals surface area contributed by atoms with Crippen LogP contribution < -0.4 is 5.73 Å². The normalized spacial score (nSPS) is 12.5. The smallest absolute Gasteiger partial charge is 0.246 e. The number of amides is 1. The maximum atomic E-state index is 11.5. The molecule has 4 heteroatoms. The van der Waals surface area contributed by atoms with Crippen molar-refractivity contribution in [1.29, 1.82) is 0 Å². The van der Waals surface area contributed by atoms with Crippen molar-refractivity contribution >= 4 is 23.7 Å². The van der Waals surface area contributed by atoms with Gasteiger partial charge in [0.2, 0.25) is 5.91 Å². The molecular weight excluding hydrogens is 260 g/mol. The quantitative estimate of drug-likeness (QED) is 0.855. The van der Waals surface area contributed by atoms with Crippen molar-refractivity contribution in [3.63, 3.8) is 0 Å². The molecule has 0 fully saturated rings. The minimum absolute atomic E-state index is 0.491. The number of hydrogen-bond acceptors (Lipinski definition) is 2. The summed E-state index contributed by atoms with van der Waals surface area (Å²) in [6.45, 7) is 0. The van der Waals surface area contributed by atoms with Crippen molar-refractivity contribution in [2.45, 2.75) is 6.04 Å². The number of carbonyl (C=O) groups excluding carboxylic acids is 1. The second-order valence-corrected chi connectivity index (χ2v) is 4.48. The van der Waals surface area contributed by atoms with E-state index in [1.807, 2.05) is 30.3 Å². The van der Waals surface area contributed by atoms with Crippen LogP contribution in [-0.2, 0) is 4.79 Å². The van der Waals surface area contributed by atoms with Gasteiger partial charge < -0.3 is 5.73 Å². The Hall–Kier alpha value is -2.13. The van der Waals surface area contributed by atoms with Crippen LogP contribution in [0.5, 0.6) is 0 Å². The lowest BCUT2D eigenvalue weighted by Gasteiger charge is -2.08. The highest BCUT2D eigenvalue weighted by Crippen LogP contribution is 2.19. The van der Waals surface area contributed by atoms with E-state index in [4.69, 9.17) is 17.3 Å². The summed E-state index contributed by atoms with van der Waals surface area (Å²) in [5.74, 6) is -0.491. The van der Waals surface area contributed by atoms with Gasteiger partial charge in [-0.25, -0.2) is 0 Å². The monoisotopic (exact) mass is 272 g/mol. The molecule has 19 heavy (non-hydrogen) atoms. The Kier molecular flexibility index (Phi) is 4.31. The van der Waals surface area contributed by atoms with Crippen molar-refractivity contribution in [3.8, 4) is 0 Å². The van der Waals surface area contributed by atoms with Crippen LogP contribution in [0.1, 0.15) is 17.2 Å². The first-order valence-corrected chi connectivity index (χ1v) is 6.17. The van der Waals surface area contributed by atoms with Gasteiger partial charge in [-0.1, -0.05) is 54.1 Å². The molecule has 0 aliphatic rings. The Morgan fingerprint density at radius 3 is 2.32 bits per heavy atom. The fourth-order valence-corrected chi connectivity index (χ4v) is 1.79. The number of benzene rings is 2. The molecule has 2 aromatic carbocycles. The fraction of sp³-hybridized carbons (Fsp3) is 0.0667. The summed E-state index contributed by atoms with van der Waals surface area (Å²) >= 11 is 5.81. The van der Waals surface area contributed by atoms with E-state index in [2.05, 4.69) is 4.99 Å². The average molecular weight is 273 g/mol. The summed E-state index contributed by atoms with van der Waals surface area (Å²) in [5.41, 5.74) is 7.03. The second-order valence-electron chi connectivity index (χ2n) is 4.05. The standard InChI is InChI=1S/C15H13ClN2O/c16-13-8-6-12(7-9-13)14(15(17)19)18-10-11-4-2-1-3-5-11/h1-10,14H,(H2,17,19)/t14-/m0/s1. The van der Waals surface area contributed by atoms with Crippen LogP contribution in [0.2, 0.25) is 5.02 Å². The van der Waals surface area contributed by atoms with Gasteiger partial charge in [-0.15, -0.1) is 0 Å². The SMILES string of the molecule is NC(=O)[C@@H](N=Cc1ccccc1)c1ccc(Cl)cc1. The third-order valence-corrected chi connectivity index (χ3v) is 2.88. The lowest BCUT2D eigenvalue weighted by atomic mass is 10.1. The van der Waals surface area contributed by atoms with E-state index in [0.717, 1.165) is 11.1 Å². The Morgan fingerprint density at radius 2 is 1.74 bits per heavy atom. The van der Waals surface area contributed by atoms with Gasteiger partial charge in [0, 0.05) is 11.2 Å². The molecule has 0 bridgehead atoms. The maximum Gasteiger partial charge on any atom is 0.246 e. The third kappa shape index (κ3) is 3.66. The average Bonchev–Trinajstić information content (AvgIpc) is 2.42. The van der Waals surface area contributed by atoms with Gasteiger partial charge in [0.25, 0.3) is 0 Å². The summed E-state index contributed by atoms with van der Waals surface area (Å²) in [7, 11) is 0. The number of primary amides is 1. The zero-order chi connectivity index (χ0) is 13.7. The first-order valence-electron chi connectivity index (χ1n) is 5.80. The van der Waals surface area contributed by atoms with Gasteiger partial charge in [-0.3, -0.25) is 9.79 Å². The first-order chi connectivity index (χ1) is 9.16. The van der Waals surface area contributed by atoms with Crippen LogP contribution >= 0.6 is 11.6 Å². The predicted molar refractivity (Wildman–Crippen MR) is 77.4 cm³/mol. The Bertz CT molecular complexity index is 579. The molecular formula is C15H13ClN2O. The number of aliphatic imine (C=N–C) groups is 1. The number of carbonyl (C=O) groups is 1. The van der Waals surface area contributed by atoms with Crippen molar-refractivity contribution < 1.29 is 4.79 Å². The van der Waals surface area contributed by atoms with Crippen LogP contribution in [0.25, 0.3) is 0 Å². The van der Waals surface area contributed by atoms with E-state index in [0.29, 0.717) is 5.02 Å². The molecule has 2 rings (SSSR count). The molecule has 1 atom stereocenters. The van der Waals surface area contributed by atoms with Crippen molar-refractivity contribution in [3.05, 3.63) is 70.7 Å². The van der Waals surface area contributed by atoms with Crippen molar-refractivity contribution in [2.75, 3.05) is 0 Å². The molecule has 0 aromatic heterocycles. The molecule has 96 valence electrons. The molecule has 2 N–H and O–H groups in total. The molecule has 0 unspecified atom stereocenters. The Balaban J connectivity index is 2.24. The maximum absolute atomic E-state index is 11.5. The lowest BCUT2D eigenvalue weighted by Crippen LogP contribution is -2.20. The number of nitrogens with zero attached hydrogens (tertiary/aromatic N) is 1. The number of nitrogens with two attached hydrogens (primary N) is 1. The molecule has 0 spiro atoms. The minimum Gasteiger partial charge on any atom is -0.368 e. The van der Waals surface area contributed by atoms with Gasteiger partial charge >= 0.3 is 0 Å². The van der Waals surface area contributed by atoms with Gasteiger partial charge in [0.1, 0.15) is 0 Å². The third-order valence-electron chi connectivity index (χ3n) is 2.63. The van der Waals surface area contributed by atoms with Gasteiger partial charge in [0.05, 0.1) is 0 Å². The van der Waals surface area contributed by atoms with Crippen LogP contribution in [0.4, 0.5) is 0 Å². The summed E-state index contributed by atoms with van der Waals surface area (Å²) < 4.78 is 0. The largest absolute Gasteiger partial charge is 0.368 e. The second kappa shape index (κ2) is 6.16. The first kappa shape index (κ1) is 13.3. The zero-order valence-electron chi connectivity index (χ0n) is 10.2. The highest BCUT2D eigenvalue weighted by molar-refractivity contribution is 6.30.